The SMILES string of the molecule is CS(=O)(=O)NC[C@H]1CCC[C@]2(CCN(C(=O)c3cccnc3)C2)O1. The average Bonchev–Trinajstić information content (AvgIpc) is 2.96. The van der Waals surface area contributed by atoms with Crippen LogP contribution < -0.4 is 4.72 Å². The van der Waals surface area contributed by atoms with Gasteiger partial charge >= 0.3 is 0 Å². The predicted octanol–water partition coefficient (Wildman–Crippen LogP) is 0.785. The van der Waals surface area contributed by atoms with Crippen LogP contribution in [-0.4, -0.2) is 61.8 Å². The molecule has 7 nitrogen and oxygen atoms in total. The lowest BCUT2D eigenvalue weighted by molar-refractivity contribution is -0.116. The molecule has 0 aliphatic carbocycles. The number of sulfonamides is 1. The Morgan fingerprint density at radius 3 is 3.04 bits per heavy atom. The fourth-order valence-electron chi connectivity index (χ4n) is 3.50. The van der Waals surface area contributed by atoms with Crippen LogP contribution in [0.5, 0.6) is 0 Å². The summed E-state index contributed by atoms with van der Waals surface area (Å²) >= 11 is 0. The zero-order valence-corrected chi connectivity index (χ0v) is 14.6. The summed E-state index contributed by atoms with van der Waals surface area (Å²) in [4.78, 5) is 18.4. The molecule has 3 rings (SSSR count). The molecule has 1 aromatic rings. The normalized spacial score (nSPS) is 27.5. The Balaban J connectivity index is 1.62. The number of pyridine rings is 1. The van der Waals surface area contributed by atoms with E-state index < -0.39 is 10.0 Å². The maximum absolute atomic E-state index is 12.6. The summed E-state index contributed by atoms with van der Waals surface area (Å²) in [5.74, 6) is -0.0278. The van der Waals surface area contributed by atoms with Crippen LogP contribution in [0, 0.1) is 0 Å². The van der Waals surface area contributed by atoms with Crippen LogP contribution in [0.25, 0.3) is 0 Å². The predicted molar refractivity (Wildman–Crippen MR) is 89.1 cm³/mol. The lowest BCUT2D eigenvalue weighted by Crippen LogP contribution is -2.47. The van der Waals surface area contributed by atoms with Crippen LogP contribution in [-0.2, 0) is 14.8 Å². The lowest BCUT2D eigenvalue weighted by Gasteiger charge is -2.38. The summed E-state index contributed by atoms with van der Waals surface area (Å²) in [6.45, 7) is 1.49. The second kappa shape index (κ2) is 6.78. The Bertz CT molecular complexity index is 695. The number of rotatable bonds is 4. The first-order valence-electron chi connectivity index (χ1n) is 8.19. The van der Waals surface area contributed by atoms with Crippen LogP contribution in [0.3, 0.4) is 0 Å². The van der Waals surface area contributed by atoms with Gasteiger partial charge in [0.25, 0.3) is 5.91 Å². The van der Waals surface area contributed by atoms with Crippen molar-refractivity contribution in [2.75, 3.05) is 25.9 Å². The Hall–Kier alpha value is -1.51. The molecule has 2 atom stereocenters. The van der Waals surface area contributed by atoms with E-state index >= 15 is 0 Å². The van der Waals surface area contributed by atoms with Crippen molar-refractivity contribution in [1.82, 2.24) is 14.6 Å². The van der Waals surface area contributed by atoms with Gasteiger partial charge in [0.1, 0.15) is 0 Å². The van der Waals surface area contributed by atoms with Crippen molar-refractivity contribution in [3.05, 3.63) is 30.1 Å². The molecule has 8 heteroatoms. The molecule has 1 N–H and O–H groups in total. The average molecular weight is 353 g/mol. The van der Waals surface area contributed by atoms with Crippen LogP contribution in [0.2, 0.25) is 0 Å². The third-order valence-electron chi connectivity index (χ3n) is 4.66. The van der Waals surface area contributed by atoms with Gasteiger partial charge in [0.2, 0.25) is 10.0 Å². The number of nitrogens with one attached hydrogen (secondary N) is 1. The minimum atomic E-state index is -3.22. The number of nitrogens with zero attached hydrogens (tertiary/aromatic N) is 2. The molecule has 1 amide bonds. The molecule has 0 aromatic carbocycles. The van der Waals surface area contributed by atoms with Crippen molar-refractivity contribution in [1.29, 1.82) is 0 Å². The van der Waals surface area contributed by atoms with Gasteiger partial charge in [-0.25, -0.2) is 13.1 Å². The maximum atomic E-state index is 12.6. The zero-order chi connectivity index (χ0) is 17.2. The van der Waals surface area contributed by atoms with Gasteiger partial charge in [-0.15, -0.1) is 0 Å². The molecular formula is C16H23N3O4S. The highest BCUT2D eigenvalue weighted by Crippen LogP contribution is 2.37. The van der Waals surface area contributed by atoms with Crippen LogP contribution in [0.4, 0.5) is 0 Å². The number of carbonyl (C=O) groups is 1. The molecule has 0 radical (unpaired) electrons. The highest BCUT2D eigenvalue weighted by molar-refractivity contribution is 7.88. The Morgan fingerprint density at radius 2 is 2.33 bits per heavy atom. The molecule has 2 aliphatic rings. The van der Waals surface area contributed by atoms with Crippen molar-refractivity contribution in [2.45, 2.75) is 37.4 Å². The van der Waals surface area contributed by atoms with E-state index in [1.54, 1.807) is 24.5 Å². The van der Waals surface area contributed by atoms with Crippen LogP contribution in [0.1, 0.15) is 36.0 Å². The van der Waals surface area contributed by atoms with Gasteiger partial charge in [-0.1, -0.05) is 0 Å². The van der Waals surface area contributed by atoms with E-state index in [2.05, 4.69) is 9.71 Å². The third kappa shape index (κ3) is 4.12. The molecule has 2 aliphatic heterocycles. The lowest BCUT2D eigenvalue weighted by atomic mass is 9.90. The highest BCUT2D eigenvalue weighted by Gasteiger charge is 2.44. The smallest absolute Gasteiger partial charge is 0.255 e. The number of amides is 1. The molecule has 1 aromatic heterocycles. The molecule has 1 spiro atoms. The number of aromatic nitrogens is 1. The highest BCUT2D eigenvalue weighted by atomic mass is 32.2. The van der Waals surface area contributed by atoms with E-state index in [1.807, 2.05) is 4.90 Å². The van der Waals surface area contributed by atoms with Crippen LogP contribution in [0.15, 0.2) is 24.5 Å². The van der Waals surface area contributed by atoms with Crippen molar-refractivity contribution in [3.63, 3.8) is 0 Å². The maximum Gasteiger partial charge on any atom is 0.255 e. The Morgan fingerprint density at radius 1 is 1.50 bits per heavy atom. The molecular weight excluding hydrogens is 330 g/mol. The van der Waals surface area contributed by atoms with Crippen LogP contribution >= 0.6 is 0 Å². The molecule has 2 saturated heterocycles. The number of likely N-dealkylation sites (tertiary alicyclic amines) is 1. The summed E-state index contributed by atoms with van der Waals surface area (Å²) in [6, 6.07) is 3.52. The van der Waals surface area contributed by atoms with Gasteiger partial charge in [-0.3, -0.25) is 9.78 Å². The van der Waals surface area contributed by atoms with Gasteiger partial charge in [0.15, 0.2) is 0 Å². The summed E-state index contributed by atoms with van der Waals surface area (Å²) < 4.78 is 31.2. The standard InChI is InChI=1S/C16H23N3O4S/c1-24(21,22)18-11-14-5-2-6-16(23-14)7-9-19(12-16)15(20)13-4-3-8-17-10-13/h3-4,8,10,14,18H,2,5-7,9,11-12H2,1H3/t14-,16-/m1/s1. The first kappa shape index (κ1) is 17.3. The van der Waals surface area contributed by atoms with Gasteiger partial charge < -0.3 is 9.64 Å². The second-order valence-corrected chi connectivity index (χ2v) is 8.49. The Kier molecular flexibility index (Phi) is 4.89. The minimum Gasteiger partial charge on any atom is -0.368 e. The fraction of sp³-hybridized carbons (Fsp3) is 0.625. The zero-order valence-electron chi connectivity index (χ0n) is 13.8. The van der Waals surface area contributed by atoms with Gasteiger partial charge in [-0.05, 0) is 37.8 Å². The van der Waals surface area contributed by atoms with E-state index in [4.69, 9.17) is 4.74 Å². The van der Waals surface area contributed by atoms with E-state index in [9.17, 15) is 13.2 Å². The summed E-state index contributed by atoms with van der Waals surface area (Å²) in [6.07, 6.45) is 7.73. The number of hydrogen-bond donors (Lipinski definition) is 1. The topological polar surface area (TPSA) is 88.6 Å². The van der Waals surface area contributed by atoms with E-state index in [1.165, 1.54) is 0 Å². The summed E-state index contributed by atoms with van der Waals surface area (Å²) in [5.41, 5.74) is 0.237. The molecule has 3 heterocycles. The molecule has 24 heavy (non-hydrogen) atoms. The van der Waals surface area contributed by atoms with E-state index in [0.717, 1.165) is 31.9 Å². The molecule has 2 fully saturated rings. The largest absolute Gasteiger partial charge is 0.368 e. The van der Waals surface area contributed by atoms with E-state index in [-0.39, 0.29) is 24.2 Å². The number of carbonyl (C=O) groups excluding carboxylic acids is 1. The van der Waals surface area contributed by atoms with Crippen molar-refractivity contribution in [2.24, 2.45) is 0 Å². The minimum absolute atomic E-state index is 0.0278. The summed E-state index contributed by atoms with van der Waals surface area (Å²) in [7, 11) is -3.22. The molecule has 0 unspecified atom stereocenters. The summed E-state index contributed by atoms with van der Waals surface area (Å²) in [5, 5.41) is 0. The number of ether oxygens (including phenoxy) is 1. The monoisotopic (exact) mass is 353 g/mol. The van der Waals surface area contributed by atoms with Crippen molar-refractivity contribution >= 4 is 15.9 Å². The Labute approximate surface area is 142 Å². The first-order chi connectivity index (χ1) is 11.4. The van der Waals surface area contributed by atoms with Crippen molar-refractivity contribution < 1.29 is 17.9 Å². The quantitative estimate of drug-likeness (QED) is 0.864. The third-order valence-corrected chi connectivity index (χ3v) is 5.35. The van der Waals surface area contributed by atoms with Crippen molar-refractivity contribution in [3.8, 4) is 0 Å². The molecule has 132 valence electrons. The first-order valence-corrected chi connectivity index (χ1v) is 10.1. The van der Waals surface area contributed by atoms with Gasteiger partial charge in [0, 0.05) is 25.5 Å². The van der Waals surface area contributed by atoms with Gasteiger partial charge in [-0.2, -0.15) is 0 Å². The van der Waals surface area contributed by atoms with Gasteiger partial charge in [0.05, 0.1) is 30.1 Å². The molecule has 0 bridgehead atoms. The fourth-order valence-corrected chi connectivity index (χ4v) is 3.99. The number of hydrogen-bond acceptors (Lipinski definition) is 5. The van der Waals surface area contributed by atoms with E-state index in [0.29, 0.717) is 18.7 Å². The molecule has 0 saturated carbocycles. The second-order valence-electron chi connectivity index (χ2n) is 6.65.